The van der Waals surface area contributed by atoms with Crippen molar-refractivity contribution in [2.24, 2.45) is 5.73 Å². The van der Waals surface area contributed by atoms with Crippen molar-refractivity contribution < 1.29 is 9.59 Å². The summed E-state index contributed by atoms with van der Waals surface area (Å²) in [7, 11) is 0. The Morgan fingerprint density at radius 2 is 1.93 bits per heavy atom. The van der Waals surface area contributed by atoms with E-state index in [4.69, 9.17) is 17.3 Å². The molecule has 1 aliphatic rings. The first kappa shape index (κ1) is 24.2. The SMILES string of the molecule is Cl.NC(=O)CN1CCN(c2ccccc2NC(=O)c2csc(NCCCCl)n2)CC1. The average molecular weight is 473 g/mol. The fraction of sp³-hybridized carbons (Fsp3) is 0.421. The van der Waals surface area contributed by atoms with Crippen molar-refractivity contribution in [1.82, 2.24) is 9.88 Å². The number of primary amides is 1. The topological polar surface area (TPSA) is 104 Å². The highest BCUT2D eigenvalue weighted by molar-refractivity contribution is 7.13. The summed E-state index contributed by atoms with van der Waals surface area (Å²) < 4.78 is 0. The lowest BCUT2D eigenvalue weighted by Crippen LogP contribution is -2.49. The number of hydrogen-bond donors (Lipinski definition) is 3. The number of benzene rings is 1. The number of carbonyl (C=O) groups is 2. The Hall–Kier alpha value is -2.07. The van der Waals surface area contributed by atoms with E-state index in [0.29, 0.717) is 16.7 Å². The van der Waals surface area contributed by atoms with Crippen LogP contribution in [0.4, 0.5) is 16.5 Å². The number of alkyl halides is 1. The Balaban J connectivity index is 0.00000320. The summed E-state index contributed by atoms with van der Waals surface area (Å²) in [6, 6.07) is 7.71. The zero-order valence-corrected chi connectivity index (χ0v) is 18.9. The first-order valence-corrected chi connectivity index (χ1v) is 10.9. The van der Waals surface area contributed by atoms with Crippen LogP contribution < -0.4 is 21.3 Å². The van der Waals surface area contributed by atoms with E-state index < -0.39 is 0 Å². The van der Waals surface area contributed by atoms with Crippen molar-refractivity contribution in [3.8, 4) is 0 Å². The average Bonchev–Trinajstić information content (AvgIpc) is 3.18. The Bertz CT molecular complexity index is 842. The summed E-state index contributed by atoms with van der Waals surface area (Å²) in [5, 5.41) is 8.58. The fourth-order valence-electron chi connectivity index (χ4n) is 3.13. The van der Waals surface area contributed by atoms with Crippen molar-refractivity contribution in [3.05, 3.63) is 35.3 Å². The molecule has 2 aromatic rings. The highest BCUT2D eigenvalue weighted by Gasteiger charge is 2.21. The second kappa shape index (κ2) is 11.9. The zero-order chi connectivity index (χ0) is 20.6. The second-order valence-corrected chi connectivity index (χ2v) is 7.94. The molecule has 164 valence electrons. The molecule has 0 unspecified atom stereocenters. The molecule has 11 heteroatoms. The maximum Gasteiger partial charge on any atom is 0.275 e. The molecule has 2 heterocycles. The van der Waals surface area contributed by atoms with Crippen LogP contribution in [0.2, 0.25) is 0 Å². The van der Waals surface area contributed by atoms with Gasteiger partial charge in [-0.3, -0.25) is 14.5 Å². The highest BCUT2D eigenvalue weighted by atomic mass is 35.5. The lowest BCUT2D eigenvalue weighted by molar-refractivity contribution is -0.119. The number of piperazine rings is 1. The Morgan fingerprint density at radius 3 is 2.63 bits per heavy atom. The molecule has 1 aliphatic heterocycles. The van der Waals surface area contributed by atoms with Gasteiger partial charge in [-0.15, -0.1) is 35.3 Å². The van der Waals surface area contributed by atoms with E-state index in [0.717, 1.165) is 50.5 Å². The van der Waals surface area contributed by atoms with E-state index in [2.05, 4.69) is 20.5 Å². The van der Waals surface area contributed by atoms with Gasteiger partial charge in [-0.1, -0.05) is 12.1 Å². The molecular formula is C19H26Cl2N6O2S. The summed E-state index contributed by atoms with van der Waals surface area (Å²) in [6.45, 7) is 4.00. The summed E-state index contributed by atoms with van der Waals surface area (Å²) in [6.07, 6.45) is 0.836. The monoisotopic (exact) mass is 472 g/mol. The lowest BCUT2D eigenvalue weighted by Gasteiger charge is -2.36. The quantitative estimate of drug-likeness (QED) is 0.382. The minimum atomic E-state index is -0.314. The van der Waals surface area contributed by atoms with Gasteiger partial charge in [-0.05, 0) is 18.6 Å². The third kappa shape index (κ3) is 6.73. The standard InChI is InChI=1S/C19H25ClN6O2S.ClH/c20-6-3-7-22-19-24-15(13-29-19)18(28)23-14-4-1-2-5-16(14)26-10-8-25(9-11-26)12-17(21)27;/h1-2,4-5,13H,3,6-12H2,(H2,21,27)(H,22,24)(H,23,28);1H. The van der Waals surface area contributed by atoms with Crippen LogP contribution in [0.1, 0.15) is 16.9 Å². The minimum absolute atomic E-state index is 0. The van der Waals surface area contributed by atoms with Gasteiger partial charge < -0.3 is 21.3 Å². The molecule has 3 rings (SSSR count). The number of thiazole rings is 1. The van der Waals surface area contributed by atoms with Crippen LogP contribution in [0.25, 0.3) is 0 Å². The number of nitrogens with zero attached hydrogens (tertiary/aromatic N) is 3. The van der Waals surface area contributed by atoms with E-state index in [1.807, 2.05) is 29.2 Å². The zero-order valence-electron chi connectivity index (χ0n) is 16.5. The van der Waals surface area contributed by atoms with Crippen LogP contribution in [-0.2, 0) is 4.79 Å². The highest BCUT2D eigenvalue weighted by Crippen LogP contribution is 2.27. The fourth-order valence-corrected chi connectivity index (χ4v) is 3.98. The maximum atomic E-state index is 12.7. The van der Waals surface area contributed by atoms with E-state index in [9.17, 15) is 9.59 Å². The van der Waals surface area contributed by atoms with Crippen LogP contribution >= 0.6 is 35.3 Å². The largest absolute Gasteiger partial charge is 0.369 e. The molecule has 0 bridgehead atoms. The van der Waals surface area contributed by atoms with Crippen LogP contribution in [0.5, 0.6) is 0 Å². The van der Waals surface area contributed by atoms with Gasteiger partial charge in [0.1, 0.15) is 5.69 Å². The van der Waals surface area contributed by atoms with Gasteiger partial charge in [0.2, 0.25) is 5.91 Å². The summed E-state index contributed by atoms with van der Waals surface area (Å²) in [4.78, 5) is 32.4. The molecule has 1 fully saturated rings. The molecule has 1 aromatic carbocycles. The van der Waals surface area contributed by atoms with Crippen molar-refractivity contribution in [2.75, 3.05) is 60.7 Å². The van der Waals surface area contributed by atoms with Gasteiger partial charge in [0.15, 0.2) is 5.13 Å². The summed E-state index contributed by atoms with van der Waals surface area (Å²) in [5.74, 6) is 0.0246. The Labute approximate surface area is 191 Å². The van der Waals surface area contributed by atoms with E-state index in [-0.39, 0.29) is 30.8 Å². The molecule has 30 heavy (non-hydrogen) atoms. The lowest BCUT2D eigenvalue weighted by atomic mass is 10.2. The molecule has 0 aliphatic carbocycles. The third-order valence-electron chi connectivity index (χ3n) is 4.57. The number of anilines is 3. The molecule has 0 saturated carbocycles. The van der Waals surface area contributed by atoms with Crippen LogP contribution in [0.3, 0.4) is 0 Å². The molecule has 1 aromatic heterocycles. The predicted octanol–water partition coefficient (Wildman–Crippen LogP) is 2.47. The molecule has 0 radical (unpaired) electrons. The number of halogens is 2. The van der Waals surface area contributed by atoms with Gasteiger partial charge in [0, 0.05) is 44.0 Å². The van der Waals surface area contributed by atoms with Gasteiger partial charge in [0.05, 0.1) is 17.9 Å². The van der Waals surface area contributed by atoms with Gasteiger partial charge in [0.25, 0.3) is 5.91 Å². The second-order valence-electron chi connectivity index (χ2n) is 6.71. The van der Waals surface area contributed by atoms with Crippen molar-refractivity contribution >= 4 is 63.7 Å². The number of nitrogens with two attached hydrogens (primary N) is 1. The van der Waals surface area contributed by atoms with E-state index in [1.165, 1.54) is 11.3 Å². The van der Waals surface area contributed by atoms with Gasteiger partial charge >= 0.3 is 0 Å². The van der Waals surface area contributed by atoms with Gasteiger partial charge in [-0.25, -0.2) is 4.98 Å². The van der Waals surface area contributed by atoms with Crippen LogP contribution in [0, 0.1) is 0 Å². The van der Waals surface area contributed by atoms with Crippen LogP contribution in [0.15, 0.2) is 29.6 Å². The number of amides is 2. The molecule has 0 spiro atoms. The number of nitrogens with one attached hydrogen (secondary N) is 2. The molecule has 0 atom stereocenters. The summed E-state index contributed by atoms with van der Waals surface area (Å²) >= 11 is 7.07. The minimum Gasteiger partial charge on any atom is -0.369 e. The molecule has 8 nitrogen and oxygen atoms in total. The summed E-state index contributed by atoms with van der Waals surface area (Å²) in [5.41, 5.74) is 7.36. The first-order valence-electron chi connectivity index (χ1n) is 9.48. The number of aromatic nitrogens is 1. The Kier molecular flexibility index (Phi) is 9.64. The molecular weight excluding hydrogens is 447 g/mol. The molecule has 1 saturated heterocycles. The molecule has 4 N–H and O–H groups in total. The molecule has 2 amide bonds. The smallest absolute Gasteiger partial charge is 0.275 e. The van der Waals surface area contributed by atoms with E-state index in [1.54, 1.807) is 5.38 Å². The van der Waals surface area contributed by atoms with Crippen molar-refractivity contribution in [1.29, 1.82) is 0 Å². The van der Waals surface area contributed by atoms with Crippen LogP contribution in [-0.4, -0.2) is 66.8 Å². The third-order valence-corrected chi connectivity index (χ3v) is 5.64. The van der Waals surface area contributed by atoms with Crippen molar-refractivity contribution in [3.63, 3.8) is 0 Å². The van der Waals surface area contributed by atoms with Crippen molar-refractivity contribution in [2.45, 2.75) is 6.42 Å². The number of carbonyl (C=O) groups excluding carboxylic acids is 2. The normalized spacial score (nSPS) is 14.1. The van der Waals surface area contributed by atoms with E-state index >= 15 is 0 Å². The number of para-hydroxylation sites is 2. The number of hydrogen-bond acceptors (Lipinski definition) is 7. The van der Waals surface area contributed by atoms with Gasteiger partial charge in [-0.2, -0.15) is 0 Å². The first-order chi connectivity index (χ1) is 14.1. The maximum absolute atomic E-state index is 12.7. The number of rotatable bonds is 9. The predicted molar refractivity (Wildman–Crippen MR) is 125 cm³/mol. The Morgan fingerprint density at radius 1 is 1.20 bits per heavy atom.